The van der Waals surface area contributed by atoms with Crippen molar-refractivity contribution in [2.24, 2.45) is 0 Å². The second-order valence-electron chi connectivity index (χ2n) is 5.67. The van der Waals surface area contributed by atoms with Gasteiger partial charge in [-0.15, -0.1) is 0 Å². The van der Waals surface area contributed by atoms with Crippen molar-refractivity contribution in [1.29, 1.82) is 0 Å². The summed E-state index contributed by atoms with van der Waals surface area (Å²) in [5, 5.41) is 12.5. The van der Waals surface area contributed by atoms with E-state index in [9.17, 15) is 10.1 Å². The maximum Gasteiger partial charge on any atom is 0.269 e. The van der Waals surface area contributed by atoms with Crippen LogP contribution in [-0.2, 0) is 0 Å². The summed E-state index contributed by atoms with van der Waals surface area (Å²) in [6.45, 7) is 5.87. The summed E-state index contributed by atoms with van der Waals surface area (Å²) in [5.41, 5.74) is 2.78. The molecule has 0 aliphatic heterocycles. The van der Waals surface area contributed by atoms with Crippen LogP contribution in [0.25, 0.3) is 22.0 Å². The molecule has 3 rings (SSSR count). The molecule has 0 aliphatic rings. The number of pyridine rings is 1. The third-order valence-corrected chi connectivity index (χ3v) is 4.47. The van der Waals surface area contributed by atoms with Crippen LogP contribution in [0.2, 0.25) is 5.02 Å². The number of benzene rings is 2. The smallest absolute Gasteiger partial charge is 0.269 e. The fraction of sp³-hybridized carbons (Fsp3) is 0.211. The summed E-state index contributed by atoms with van der Waals surface area (Å²) in [4.78, 5) is 17.4. The molecule has 0 unspecified atom stereocenters. The average Bonchev–Trinajstić information content (AvgIpc) is 2.62. The predicted molar refractivity (Wildman–Crippen MR) is 102 cm³/mol. The van der Waals surface area contributed by atoms with Crippen molar-refractivity contribution in [2.75, 3.05) is 18.0 Å². The molecule has 5 nitrogen and oxygen atoms in total. The van der Waals surface area contributed by atoms with E-state index in [1.165, 1.54) is 12.1 Å². The predicted octanol–water partition coefficient (Wildman–Crippen LogP) is 5.31. The van der Waals surface area contributed by atoms with E-state index >= 15 is 0 Å². The zero-order valence-electron chi connectivity index (χ0n) is 14.1. The van der Waals surface area contributed by atoms with Gasteiger partial charge in [0.1, 0.15) is 5.82 Å². The van der Waals surface area contributed by atoms with Gasteiger partial charge in [-0.1, -0.05) is 11.6 Å². The Balaban J connectivity index is 2.23. The van der Waals surface area contributed by atoms with Crippen LogP contribution in [0.1, 0.15) is 13.8 Å². The number of fused-ring (bicyclic) bond motifs is 1. The first kappa shape index (κ1) is 17.2. The van der Waals surface area contributed by atoms with E-state index in [4.69, 9.17) is 16.6 Å². The number of nitro benzene ring substituents is 1. The maximum absolute atomic E-state index is 10.9. The van der Waals surface area contributed by atoms with Gasteiger partial charge in [0.05, 0.1) is 10.4 Å². The van der Waals surface area contributed by atoms with Crippen molar-refractivity contribution in [2.45, 2.75) is 13.8 Å². The summed E-state index contributed by atoms with van der Waals surface area (Å²) in [5.74, 6) is 0.883. The SMILES string of the molecule is CCN(CC)c1cc(-c2ccc([N+](=O)[O-])cc2)c2cc(Cl)ccc2n1. The summed E-state index contributed by atoms with van der Waals surface area (Å²) in [7, 11) is 0. The van der Waals surface area contributed by atoms with Crippen LogP contribution in [0.15, 0.2) is 48.5 Å². The van der Waals surface area contributed by atoms with Crippen LogP contribution in [-0.4, -0.2) is 23.0 Å². The fourth-order valence-electron chi connectivity index (χ4n) is 2.90. The molecule has 0 atom stereocenters. The van der Waals surface area contributed by atoms with Gasteiger partial charge in [-0.2, -0.15) is 0 Å². The van der Waals surface area contributed by atoms with Crippen LogP contribution in [0, 0.1) is 10.1 Å². The topological polar surface area (TPSA) is 59.3 Å². The van der Waals surface area contributed by atoms with Crippen LogP contribution >= 0.6 is 11.6 Å². The monoisotopic (exact) mass is 355 g/mol. The van der Waals surface area contributed by atoms with Gasteiger partial charge in [0, 0.05) is 35.6 Å². The molecule has 0 spiro atoms. The van der Waals surface area contributed by atoms with Crippen LogP contribution < -0.4 is 4.90 Å². The number of hydrogen-bond donors (Lipinski definition) is 0. The number of rotatable bonds is 5. The highest BCUT2D eigenvalue weighted by atomic mass is 35.5. The van der Waals surface area contributed by atoms with E-state index in [2.05, 4.69) is 18.7 Å². The van der Waals surface area contributed by atoms with E-state index in [0.717, 1.165) is 40.9 Å². The molecule has 3 aromatic rings. The molecule has 1 heterocycles. The summed E-state index contributed by atoms with van der Waals surface area (Å²) < 4.78 is 0. The van der Waals surface area contributed by atoms with Gasteiger partial charge in [-0.3, -0.25) is 10.1 Å². The molecule has 0 N–H and O–H groups in total. The minimum Gasteiger partial charge on any atom is -0.357 e. The highest BCUT2D eigenvalue weighted by Gasteiger charge is 2.13. The zero-order chi connectivity index (χ0) is 18.0. The average molecular weight is 356 g/mol. The molecule has 6 heteroatoms. The Bertz CT molecular complexity index is 922. The molecular weight excluding hydrogens is 338 g/mol. The van der Waals surface area contributed by atoms with Crippen LogP contribution in [0.4, 0.5) is 11.5 Å². The van der Waals surface area contributed by atoms with E-state index in [0.29, 0.717) is 5.02 Å². The first-order valence-corrected chi connectivity index (χ1v) is 8.51. The van der Waals surface area contributed by atoms with Gasteiger partial charge in [-0.25, -0.2) is 4.98 Å². The van der Waals surface area contributed by atoms with Crippen molar-refractivity contribution < 1.29 is 4.92 Å². The molecule has 0 saturated heterocycles. The minimum atomic E-state index is -0.396. The number of anilines is 1. The molecule has 0 radical (unpaired) electrons. The van der Waals surface area contributed by atoms with E-state index in [-0.39, 0.29) is 5.69 Å². The van der Waals surface area contributed by atoms with E-state index in [1.807, 2.05) is 24.3 Å². The highest BCUT2D eigenvalue weighted by Crippen LogP contribution is 2.33. The number of nitrogens with zero attached hydrogens (tertiary/aromatic N) is 3. The molecule has 0 saturated carbocycles. The Hall–Kier alpha value is -2.66. The minimum absolute atomic E-state index is 0.0733. The summed E-state index contributed by atoms with van der Waals surface area (Å²) >= 11 is 6.17. The number of nitro groups is 1. The van der Waals surface area contributed by atoms with Gasteiger partial charge in [0.15, 0.2) is 0 Å². The van der Waals surface area contributed by atoms with Gasteiger partial charge in [0.25, 0.3) is 5.69 Å². The Morgan fingerprint density at radius 3 is 2.36 bits per heavy atom. The normalized spacial score (nSPS) is 10.8. The maximum atomic E-state index is 10.9. The molecule has 25 heavy (non-hydrogen) atoms. The van der Waals surface area contributed by atoms with Crippen LogP contribution in [0.3, 0.4) is 0 Å². The van der Waals surface area contributed by atoms with Gasteiger partial charge in [0.2, 0.25) is 0 Å². The fourth-order valence-corrected chi connectivity index (χ4v) is 3.07. The van der Waals surface area contributed by atoms with Gasteiger partial charge < -0.3 is 4.90 Å². The Labute approximate surface area is 151 Å². The molecule has 0 fully saturated rings. The van der Waals surface area contributed by atoms with Crippen LogP contribution in [0.5, 0.6) is 0 Å². The summed E-state index contributed by atoms with van der Waals surface area (Å²) in [6.07, 6.45) is 0. The Morgan fingerprint density at radius 1 is 1.08 bits per heavy atom. The second-order valence-corrected chi connectivity index (χ2v) is 6.10. The van der Waals surface area contributed by atoms with Crippen molar-refractivity contribution in [3.8, 4) is 11.1 Å². The number of aromatic nitrogens is 1. The third kappa shape index (κ3) is 3.42. The Kier molecular flexibility index (Phi) is 4.86. The first-order chi connectivity index (χ1) is 12.0. The Morgan fingerprint density at radius 2 is 1.76 bits per heavy atom. The molecule has 128 valence electrons. The lowest BCUT2D eigenvalue weighted by molar-refractivity contribution is -0.384. The number of non-ortho nitro benzene ring substituents is 1. The zero-order valence-corrected chi connectivity index (χ0v) is 14.8. The van der Waals surface area contributed by atoms with Crippen molar-refractivity contribution in [3.05, 3.63) is 63.7 Å². The van der Waals surface area contributed by atoms with E-state index in [1.54, 1.807) is 12.1 Å². The lowest BCUT2D eigenvalue weighted by Crippen LogP contribution is -2.23. The third-order valence-electron chi connectivity index (χ3n) is 4.23. The number of halogens is 1. The summed E-state index contributed by atoms with van der Waals surface area (Å²) in [6, 6.07) is 14.2. The van der Waals surface area contributed by atoms with Gasteiger partial charge in [-0.05, 0) is 61.4 Å². The quantitative estimate of drug-likeness (QED) is 0.459. The largest absolute Gasteiger partial charge is 0.357 e. The number of hydrogen-bond acceptors (Lipinski definition) is 4. The van der Waals surface area contributed by atoms with Crippen molar-refractivity contribution >= 4 is 34.0 Å². The van der Waals surface area contributed by atoms with Crippen molar-refractivity contribution in [1.82, 2.24) is 4.98 Å². The lowest BCUT2D eigenvalue weighted by Gasteiger charge is -2.21. The second kappa shape index (κ2) is 7.07. The first-order valence-electron chi connectivity index (χ1n) is 8.13. The lowest BCUT2D eigenvalue weighted by atomic mass is 10.0. The van der Waals surface area contributed by atoms with Crippen molar-refractivity contribution in [3.63, 3.8) is 0 Å². The highest BCUT2D eigenvalue weighted by molar-refractivity contribution is 6.31. The van der Waals surface area contributed by atoms with Gasteiger partial charge >= 0.3 is 0 Å². The molecular formula is C19H18ClN3O2. The molecule has 2 aromatic carbocycles. The molecule has 0 aliphatic carbocycles. The molecule has 0 amide bonds. The van der Waals surface area contributed by atoms with E-state index < -0.39 is 4.92 Å². The molecule has 0 bridgehead atoms. The molecule has 1 aromatic heterocycles. The standard InChI is InChI=1S/C19H18ClN3O2/c1-3-22(4-2)19-12-16(13-5-8-15(9-6-13)23(24)25)17-11-14(20)7-10-18(17)21-19/h5-12H,3-4H2,1-2H3.